The van der Waals surface area contributed by atoms with Crippen LogP contribution in [0, 0.1) is 37.5 Å². The molecule has 93 heavy (non-hydrogen) atoms. The highest BCUT2D eigenvalue weighted by molar-refractivity contribution is 7.13. The van der Waals surface area contributed by atoms with Gasteiger partial charge in [-0.25, -0.2) is 9.97 Å². The van der Waals surface area contributed by atoms with E-state index in [4.69, 9.17) is 28.9 Å². The molecule has 19 nitrogen and oxygen atoms in total. The molecule has 4 saturated carbocycles. The summed E-state index contributed by atoms with van der Waals surface area (Å²) in [6.45, 7) is 6.02. The molecule has 2 aliphatic heterocycles. The van der Waals surface area contributed by atoms with Crippen molar-refractivity contribution >= 4 is 103 Å². The number of nitrogens with two attached hydrogens (primary N) is 1. The van der Waals surface area contributed by atoms with Gasteiger partial charge < -0.3 is 57.2 Å². The summed E-state index contributed by atoms with van der Waals surface area (Å²) in [6, 6.07) is 11.2. The summed E-state index contributed by atoms with van der Waals surface area (Å²) in [4.78, 5) is 99.9. The number of fused-ring (bicyclic) bond motifs is 2. The molecule has 5 amide bonds. The number of rotatable bonds is 19. The Kier molecular flexibility index (Phi) is 25.6. The molecule has 12 rings (SSSR count). The Labute approximate surface area is 565 Å². The number of aromatic nitrogens is 4. The van der Waals surface area contributed by atoms with E-state index in [0.717, 1.165) is 86.2 Å². The van der Waals surface area contributed by atoms with Crippen LogP contribution in [0.25, 0.3) is 21.8 Å². The number of piperidine rings is 2. The second-order valence-corrected chi connectivity index (χ2v) is 30.2. The number of carboxylic acids is 1. The summed E-state index contributed by atoms with van der Waals surface area (Å²) in [5.41, 5.74) is 9.52. The highest BCUT2D eigenvalue weighted by Crippen LogP contribution is 2.33. The molecule has 4 aliphatic carbocycles. The summed E-state index contributed by atoms with van der Waals surface area (Å²) in [6.07, 6.45) is 33.5. The topological polar surface area (TPSA) is 273 Å². The average molecular weight is 1350 g/mol. The van der Waals surface area contributed by atoms with Crippen LogP contribution in [0.4, 0.5) is 0 Å². The zero-order valence-corrected chi connectivity index (χ0v) is 57.2. The Morgan fingerprint density at radius 1 is 0.591 bits per heavy atom. The van der Waals surface area contributed by atoms with Gasteiger partial charge in [0.1, 0.15) is 0 Å². The Bertz CT molecular complexity index is 3420. The monoisotopic (exact) mass is 1350 g/mol. The molecular weight excluding hydrogens is 1260 g/mol. The number of aryl methyl sites for hydroxylation is 2. The van der Waals surface area contributed by atoms with Crippen molar-refractivity contribution in [1.82, 2.24) is 56.3 Å². The third kappa shape index (κ3) is 19.4. The lowest BCUT2D eigenvalue weighted by Gasteiger charge is -2.40. The van der Waals surface area contributed by atoms with E-state index in [1.165, 1.54) is 125 Å². The third-order valence-corrected chi connectivity index (χ3v) is 22.6. The van der Waals surface area contributed by atoms with Crippen LogP contribution in [0.1, 0.15) is 195 Å². The van der Waals surface area contributed by atoms with E-state index in [2.05, 4.69) is 46.5 Å². The lowest BCUT2D eigenvalue weighted by atomic mass is 9.83. The maximum Gasteiger partial charge on any atom is 0.310 e. The van der Waals surface area contributed by atoms with Gasteiger partial charge in [-0.05, 0) is 112 Å². The van der Waals surface area contributed by atoms with Crippen molar-refractivity contribution in [3.05, 3.63) is 102 Å². The summed E-state index contributed by atoms with van der Waals surface area (Å²) >= 11 is 14.9. The van der Waals surface area contributed by atoms with Crippen LogP contribution >= 0.6 is 45.9 Å². The van der Waals surface area contributed by atoms with Crippen LogP contribution in [0.3, 0.4) is 0 Å². The number of carboxylic acid groups (broad SMARTS) is 1. The lowest BCUT2D eigenvalue weighted by Crippen LogP contribution is -2.60. The zero-order valence-electron chi connectivity index (χ0n) is 54.1. The van der Waals surface area contributed by atoms with E-state index in [1.807, 2.05) is 55.1 Å². The molecule has 23 heteroatoms. The minimum absolute atomic E-state index is 0.0349. The van der Waals surface area contributed by atoms with Crippen LogP contribution in [0.5, 0.6) is 0 Å². The second-order valence-electron chi connectivity index (χ2n) is 27.0. The average Bonchev–Trinajstić information content (AvgIpc) is 1.36. The van der Waals surface area contributed by atoms with Crippen molar-refractivity contribution < 1.29 is 33.9 Å². The van der Waals surface area contributed by atoms with Crippen molar-refractivity contribution in [3.63, 3.8) is 0 Å². The van der Waals surface area contributed by atoms with Gasteiger partial charge in [0.05, 0.1) is 34.0 Å². The number of aliphatic carboxylic acids is 1. The number of benzene rings is 2. The maximum atomic E-state index is 14.3. The van der Waals surface area contributed by atoms with Gasteiger partial charge in [-0.3, -0.25) is 28.8 Å². The first kappa shape index (κ1) is 69.9. The third-order valence-electron chi connectivity index (χ3n) is 20.1. The number of thiazole rings is 2. The van der Waals surface area contributed by atoms with Crippen LogP contribution < -0.4 is 32.3 Å². The predicted octanol–water partition coefficient (Wildman–Crippen LogP) is 12.1. The highest BCUT2D eigenvalue weighted by Gasteiger charge is 2.42. The molecule has 0 spiro atoms. The van der Waals surface area contributed by atoms with E-state index < -0.39 is 29.9 Å². The molecule has 4 aromatic heterocycles. The Hall–Kier alpha value is -5.94. The number of nitrogens with one attached hydrogen (secondary N) is 7. The molecule has 504 valence electrons. The Morgan fingerprint density at radius 3 is 1.44 bits per heavy atom. The number of halogens is 2. The Balaban J connectivity index is 0.000000176. The Morgan fingerprint density at radius 2 is 1.01 bits per heavy atom. The van der Waals surface area contributed by atoms with E-state index >= 15 is 0 Å². The summed E-state index contributed by atoms with van der Waals surface area (Å²) < 4.78 is 0. The largest absolute Gasteiger partial charge is 0.481 e. The summed E-state index contributed by atoms with van der Waals surface area (Å²) in [7, 11) is 0. The molecule has 10 N–H and O–H groups in total. The van der Waals surface area contributed by atoms with Crippen LogP contribution in [0.2, 0.25) is 10.0 Å². The first-order valence-corrected chi connectivity index (χ1v) is 36.7. The van der Waals surface area contributed by atoms with Crippen LogP contribution in [0.15, 0.2) is 61.2 Å². The number of carbonyl (C=O) groups excluding carboxylic acids is 5. The number of carbonyl (C=O) groups is 6. The van der Waals surface area contributed by atoms with E-state index in [0.29, 0.717) is 78.0 Å². The van der Waals surface area contributed by atoms with Gasteiger partial charge in [-0.15, -0.1) is 22.7 Å². The van der Waals surface area contributed by atoms with Gasteiger partial charge in [0.25, 0.3) is 11.8 Å². The predicted molar refractivity (Wildman–Crippen MR) is 370 cm³/mol. The molecule has 6 atom stereocenters. The smallest absolute Gasteiger partial charge is 0.310 e. The van der Waals surface area contributed by atoms with Crippen molar-refractivity contribution in [3.8, 4) is 0 Å². The molecular formula is C70H96Cl2N12O7S2. The fraction of sp³-hybridized carbons (Fsp3) is 0.600. The van der Waals surface area contributed by atoms with Crippen molar-refractivity contribution in [2.75, 3.05) is 26.2 Å². The zero-order chi connectivity index (χ0) is 65.4. The molecule has 0 bridgehead atoms. The second kappa shape index (κ2) is 34.1. The SMILES string of the molecule is Cc1cnc(C(=O)N[C@@H]2CCN(C(=O)[C@@H](CC3CCCCC3)NC3CCCCC3)C[C@@H]2C(=O)NCc2ccc3[nH]cc(Cl)c3c2)s1.Cc1cnc(C(=O)N[C@@H]2CCN(C(=O)[C@@H](CC3CCCCC3)NC3CCCCC3)C[C@@H]2C(=O)O)s1.NCc1ccc2[nH]cc(Cl)c2c1. The van der Waals surface area contributed by atoms with E-state index in [1.54, 1.807) is 29.7 Å². The van der Waals surface area contributed by atoms with Gasteiger partial charge in [0, 0.05) is 120 Å². The standard InChI is InChI=1S/C35H47ClN6O3S.C26H40N4O4S.C9H9ClN2/c1-22-18-39-34(46-22)33(44)41-30-14-15-42(21-27(30)32(43)38-19-24-12-13-29-26(16-24)28(36)20-37-29)35(45)31(17-23-8-4-2-5-9-23)40-25-10-6-3-7-11-25;1-17-15-27-24(35-17)23(31)29-21-12-13-30(16-20(21)26(33)34)25(32)22(14-18-8-4-2-5-9-18)28-19-10-6-3-7-11-19;10-8-5-12-9-2-1-6(4-11)3-7(8)9/h12-13,16,18,20,23,25,27,30-31,37,40H,2-11,14-15,17,19,21H2,1H3,(H,38,43)(H,41,44);15,18-22,28H,2-14,16H2,1H3,(H,29,31)(H,33,34);1-3,5,12H,4,11H2/t27-,30+,31+;20-,21+,22+;/m00./s1. The highest BCUT2D eigenvalue weighted by atomic mass is 35.5. The molecule has 0 radical (unpaired) electrons. The van der Waals surface area contributed by atoms with Gasteiger partial charge in [0.15, 0.2) is 10.0 Å². The summed E-state index contributed by atoms with van der Waals surface area (Å²) in [5, 5.41) is 30.6. The maximum absolute atomic E-state index is 14.3. The van der Waals surface area contributed by atoms with Gasteiger partial charge in [-0.2, -0.15) is 0 Å². The number of H-pyrrole nitrogens is 2. The first-order chi connectivity index (χ1) is 45.0. The van der Waals surface area contributed by atoms with Gasteiger partial charge in [0.2, 0.25) is 17.7 Å². The van der Waals surface area contributed by atoms with Gasteiger partial charge >= 0.3 is 5.97 Å². The van der Waals surface area contributed by atoms with E-state index in [-0.39, 0.29) is 54.7 Å². The molecule has 0 unspecified atom stereocenters. The number of amides is 5. The fourth-order valence-electron chi connectivity index (χ4n) is 14.9. The molecule has 2 saturated heterocycles. The number of nitrogens with zero attached hydrogens (tertiary/aromatic N) is 4. The van der Waals surface area contributed by atoms with Gasteiger partial charge in [-0.1, -0.05) is 138 Å². The lowest BCUT2D eigenvalue weighted by molar-refractivity contribution is -0.147. The molecule has 6 fully saturated rings. The number of hydrogen-bond donors (Lipinski definition) is 9. The quantitative estimate of drug-likeness (QED) is 0.0366. The minimum atomic E-state index is -0.979. The van der Waals surface area contributed by atoms with Crippen molar-refractivity contribution in [2.45, 2.75) is 217 Å². The van der Waals surface area contributed by atoms with Crippen molar-refractivity contribution in [1.29, 1.82) is 0 Å². The minimum Gasteiger partial charge on any atom is -0.481 e. The normalized spacial score (nSPS) is 21.8. The fourth-order valence-corrected chi connectivity index (χ4v) is 16.7. The molecule has 6 aliphatic rings. The molecule has 2 aromatic carbocycles. The summed E-state index contributed by atoms with van der Waals surface area (Å²) in [5.74, 6) is -1.94. The first-order valence-electron chi connectivity index (χ1n) is 34.3. The van der Waals surface area contributed by atoms with E-state index in [9.17, 15) is 33.9 Å². The van der Waals surface area contributed by atoms with Crippen LogP contribution in [-0.4, -0.2) is 133 Å². The molecule has 6 aromatic rings. The van der Waals surface area contributed by atoms with Crippen molar-refractivity contribution in [2.24, 2.45) is 29.4 Å². The number of likely N-dealkylation sites (tertiary alicyclic amines) is 2. The number of hydrogen-bond acceptors (Lipinski definition) is 13. The number of aromatic amines is 2. The molecule has 6 heterocycles. The van der Waals surface area contributed by atoms with Crippen LogP contribution in [-0.2, 0) is 32.3 Å².